The van der Waals surface area contributed by atoms with Gasteiger partial charge in [-0.1, -0.05) is 36.4 Å². The molecule has 0 aliphatic carbocycles. The summed E-state index contributed by atoms with van der Waals surface area (Å²) >= 11 is 0. The standard InChI is InChI=1S/C13H17N3O.C11H12N2O/c1-10-12(14(2)3)13(17)16(15(10)4)11-8-6-5-7-9-11;1-9-8-11(14)13(12(9)2)10-6-4-3-5-7-10/h5-9H,1-4H3;3-8H,1-2H3. The van der Waals surface area contributed by atoms with E-state index < -0.39 is 0 Å². The van der Waals surface area contributed by atoms with Crippen LogP contribution in [0, 0.1) is 13.8 Å². The quantitative estimate of drug-likeness (QED) is 0.513. The van der Waals surface area contributed by atoms with Crippen LogP contribution >= 0.6 is 0 Å². The van der Waals surface area contributed by atoms with Gasteiger partial charge < -0.3 is 4.90 Å². The maximum absolute atomic E-state index is 12.4. The van der Waals surface area contributed by atoms with E-state index in [0.717, 1.165) is 28.5 Å². The highest BCUT2D eigenvalue weighted by Crippen LogP contribution is 2.15. The van der Waals surface area contributed by atoms with Gasteiger partial charge in [0.2, 0.25) is 0 Å². The first kappa shape index (κ1) is 22.0. The number of rotatable bonds is 3. The molecule has 2 aromatic carbocycles. The summed E-state index contributed by atoms with van der Waals surface area (Å²) < 4.78 is 7.06. The van der Waals surface area contributed by atoms with E-state index in [4.69, 9.17) is 0 Å². The first-order valence-corrected chi connectivity index (χ1v) is 10.1. The molecule has 4 rings (SSSR count). The third-order valence-corrected chi connectivity index (χ3v) is 5.32. The number of hydrogen-bond acceptors (Lipinski definition) is 3. The van der Waals surface area contributed by atoms with E-state index >= 15 is 0 Å². The van der Waals surface area contributed by atoms with Gasteiger partial charge in [0.25, 0.3) is 11.1 Å². The zero-order valence-electron chi connectivity index (χ0n) is 18.9. The number of benzene rings is 2. The molecule has 0 aliphatic rings. The van der Waals surface area contributed by atoms with Gasteiger partial charge in [0.05, 0.1) is 17.1 Å². The summed E-state index contributed by atoms with van der Waals surface area (Å²) in [6, 6.07) is 20.9. The summed E-state index contributed by atoms with van der Waals surface area (Å²) in [6.07, 6.45) is 0. The number of anilines is 1. The molecule has 0 N–H and O–H groups in total. The zero-order chi connectivity index (χ0) is 22.7. The Morgan fingerprint density at radius 2 is 1.19 bits per heavy atom. The highest BCUT2D eigenvalue weighted by atomic mass is 16.1. The minimum absolute atomic E-state index is 0.0104. The fraction of sp³-hybridized carbons (Fsp3) is 0.250. The van der Waals surface area contributed by atoms with E-state index in [9.17, 15) is 9.59 Å². The predicted octanol–water partition coefficient (Wildman–Crippen LogP) is 3.03. The molecule has 162 valence electrons. The van der Waals surface area contributed by atoms with Crippen molar-refractivity contribution in [3.63, 3.8) is 0 Å². The molecule has 0 bridgehead atoms. The number of aromatic nitrogens is 4. The summed E-state index contributed by atoms with van der Waals surface area (Å²) in [5, 5.41) is 0. The summed E-state index contributed by atoms with van der Waals surface area (Å²) in [7, 11) is 7.55. The zero-order valence-corrected chi connectivity index (χ0v) is 18.9. The fourth-order valence-corrected chi connectivity index (χ4v) is 3.58. The van der Waals surface area contributed by atoms with E-state index in [1.807, 2.05) is 117 Å². The van der Waals surface area contributed by atoms with E-state index in [0.29, 0.717) is 0 Å². The Labute approximate surface area is 182 Å². The molecule has 0 saturated heterocycles. The Morgan fingerprint density at radius 3 is 1.58 bits per heavy atom. The van der Waals surface area contributed by atoms with E-state index in [1.165, 1.54) is 0 Å². The van der Waals surface area contributed by atoms with Crippen LogP contribution in [-0.4, -0.2) is 32.8 Å². The number of para-hydroxylation sites is 2. The minimum atomic E-state index is 0.0104. The molecule has 0 radical (unpaired) electrons. The number of hydrogen-bond donors (Lipinski definition) is 0. The smallest absolute Gasteiger partial charge is 0.295 e. The lowest BCUT2D eigenvalue weighted by molar-refractivity contribution is 0.630. The van der Waals surface area contributed by atoms with Gasteiger partial charge in [-0.05, 0) is 38.1 Å². The van der Waals surface area contributed by atoms with Crippen LogP contribution in [-0.2, 0) is 14.1 Å². The van der Waals surface area contributed by atoms with Gasteiger partial charge in [0, 0.05) is 40.0 Å². The molecule has 0 saturated carbocycles. The Hall–Kier alpha value is -3.74. The van der Waals surface area contributed by atoms with Crippen molar-refractivity contribution in [2.24, 2.45) is 14.1 Å². The number of aryl methyl sites for hydroxylation is 1. The Bertz CT molecular complexity index is 1280. The largest absolute Gasteiger partial charge is 0.372 e. The van der Waals surface area contributed by atoms with Crippen LogP contribution in [0.3, 0.4) is 0 Å². The molecule has 0 aliphatic heterocycles. The monoisotopic (exact) mass is 419 g/mol. The van der Waals surface area contributed by atoms with E-state index in [1.54, 1.807) is 15.4 Å². The van der Waals surface area contributed by atoms with Crippen LogP contribution in [0.25, 0.3) is 11.4 Å². The molecule has 2 heterocycles. The van der Waals surface area contributed by atoms with Crippen LogP contribution in [0.4, 0.5) is 5.69 Å². The van der Waals surface area contributed by atoms with Crippen molar-refractivity contribution in [1.82, 2.24) is 18.7 Å². The molecule has 0 atom stereocenters. The normalized spacial score (nSPS) is 10.5. The van der Waals surface area contributed by atoms with Crippen LogP contribution in [0.15, 0.2) is 76.3 Å². The van der Waals surface area contributed by atoms with Crippen molar-refractivity contribution in [3.05, 3.63) is 98.8 Å². The van der Waals surface area contributed by atoms with Gasteiger partial charge >= 0.3 is 0 Å². The minimum Gasteiger partial charge on any atom is -0.372 e. The van der Waals surface area contributed by atoms with Crippen molar-refractivity contribution < 1.29 is 0 Å². The first-order chi connectivity index (χ1) is 14.7. The lowest BCUT2D eigenvalue weighted by atomic mass is 10.3. The second-order valence-electron chi connectivity index (χ2n) is 7.60. The average molecular weight is 420 g/mol. The van der Waals surface area contributed by atoms with E-state index in [2.05, 4.69) is 0 Å². The van der Waals surface area contributed by atoms with Gasteiger partial charge in [-0.2, -0.15) is 0 Å². The summed E-state index contributed by atoms with van der Waals surface area (Å²) in [4.78, 5) is 25.8. The van der Waals surface area contributed by atoms with Gasteiger partial charge in [0.15, 0.2) is 0 Å². The average Bonchev–Trinajstić information content (AvgIpc) is 3.14. The lowest BCUT2D eigenvalue weighted by Gasteiger charge is -2.09. The van der Waals surface area contributed by atoms with Gasteiger partial charge in [-0.3, -0.25) is 19.0 Å². The summed E-state index contributed by atoms with van der Waals surface area (Å²) in [5.74, 6) is 0. The molecule has 7 heteroatoms. The molecule has 0 unspecified atom stereocenters. The molecule has 2 aromatic heterocycles. The van der Waals surface area contributed by atoms with E-state index in [-0.39, 0.29) is 11.1 Å². The maximum Gasteiger partial charge on any atom is 0.295 e. The van der Waals surface area contributed by atoms with Gasteiger partial charge in [0.1, 0.15) is 5.69 Å². The van der Waals surface area contributed by atoms with Crippen molar-refractivity contribution in [3.8, 4) is 11.4 Å². The first-order valence-electron chi connectivity index (χ1n) is 10.1. The van der Waals surface area contributed by atoms with Gasteiger partial charge in [-0.25, -0.2) is 9.36 Å². The van der Waals surface area contributed by atoms with Crippen LogP contribution in [0.2, 0.25) is 0 Å². The third-order valence-electron chi connectivity index (χ3n) is 5.32. The Morgan fingerprint density at radius 1 is 0.710 bits per heavy atom. The molecule has 0 amide bonds. The predicted molar refractivity (Wildman–Crippen MR) is 126 cm³/mol. The van der Waals surface area contributed by atoms with Crippen molar-refractivity contribution >= 4 is 5.69 Å². The highest BCUT2D eigenvalue weighted by Gasteiger charge is 2.16. The van der Waals surface area contributed by atoms with Crippen molar-refractivity contribution in [2.45, 2.75) is 13.8 Å². The fourth-order valence-electron chi connectivity index (χ4n) is 3.58. The second-order valence-corrected chi connectivity index (χ2v) is 7.60. The third kappa shape index (κ3) is 4.26. The molecule has 0 spiro atoms. The van der Waals surface area contributed by atoms with Gasteiger partial charge in [-0.15, -0.1) is 0 Å². The Kier molecular flexibility index (Phi) is 6.34. The molecule has 7 nitrogen and oxygen atoms in total. The van der Waals surface area contributed by atoms with Crippen molar-refractivity contribution in [2.75, 3.05) is 19.0 Å². The SMILES string of the molecule is Cc1c(N(C)C)c(=O)n(-c2ccccc2)n1C.Cc1cc(=O)n(-c2ccccc2)n1C. The Balaban J connectivity index is 0.000000179. The summed E-state index contributed by atoms with van der Waals surface area (Å²) in [5.41, 5.74) is 4.46. The van der Waals surface area contributed by atoms with Crippen LogP contribution in [0.5, 0.6) is 0 Å². The van der Waals surface area contributed by atoms with Crippen LogP contribution < -0.4 is 16.0 Å². The molecular weight excluding hydrogens is 390 g/mol. The second kappa shape index (κ2) is 8.95. The summed E-state index contributed by atoms with van der Waals surface area (Å²) in [6.45, 7) is 3.87. The molecule has 31 heavy (non-hydrogen) atoms. The lowest BCUT2D eigenvalue weighted by Crippen LogP contribution is -2.23. The molecular formula is C24H29N5O2. The highest BCUT2D eigenvalue weighted by molar-refractivity contribution is 5.50. The molecule has 4 aromatic rings. The molecule has 0 fully saturated rings. The maximum atomic E-state index is 12.4. The topological polar surface area (TPSA) is 57.1 Å². The van der Waals surface area contributed by atoms with Crippen molar-refractivity contribution in [1.29, 1.82) is 0 Å². The van der Waals surface area contributed by atoms with Crippen LogP contribution in [0.1, 0.15) is 11.4 Å². The number of nitrogens with zero attached hydrogens (tertiary/aromatic N) is 5.